The third kappa shape index (κ3) is 5.85. The molecule has 0 spiro atoms. The van der Waals surface area contributed by atoms with Gasteiger partial charge in [-0.1, -0.05) is 0 Å². The van der Waals surface area contributed by atoms with Gasteiger partial charge in [0.05, 0.1) is 23.2 Å². The summed E-state index contributed by atoms with van der Waals surface area (Å²) in [5.74, 6) is -0.0243. The Balaban J connectivity index is 2.07. The molecule has 1 aliphatic rings. The van der Waals surface area contributed by atoms with Gasteiger partial charge < -0.3 is 24.0 Å². The van der Waals surface area contributed by atoms with Crippen LogP contribution in [0.15, 0.2) is 22.7 Å². The third-order valence-electron chi connectivity index (χ3n) is 4.10. The average Bonchev–Trinajstić information content (AvgIpc) is 2.65. The molecular weight excluding hydrogens is 432 g/mol. The van der Waals surface area contributed by atoms with Gasteiger partial charge in [0.15, 0.2) is 0 Å². The van der Waals surface area contributed by atoms with E-state index < -0.39 is 17.7 Å². The predicted octanol–water partition coefficient (Wildman–Crippen LogP) is 2.69. The van der Waals surface area contributed by atoms with E-state index in [1.54, 1.807) is 48.8 Å². The largest absolute Gasteiger partial charge is 0.490 e. The van der Waals surface area contributed by atoms with Gasteiger partial charge in [-0.3, -0.25) is 4.79 Å². The SMILES string of the molecule is COC(=O)c1ccc(Br)c(OCC2CN(C(=O)OC(C)(C)C)CCN2C=O)c1. The van der Waals surface area contributed by atoms with E-state index in [-0.39, 0.29) is 12.6 Å². The van der Waals surface area contributed by atoms with Crippen molar-refractivity contribution in [3.8, 4) is 5.75 Å². The number of amides is 2. The summed E-state index contributed by atoms with van der Waals surface area (Å²) in [6, 6.07) is 4.53. The highest BCUT2D eigenvalue weighted by molar-refractivity contribution is 9.10. The Kier molecular flexibility index (Phi) is 7.29. The lowest BCUT2D eigenvalue weighted by atomic mass is 10.2. The number of ether oxygens (including phenoxy) is 3. The van der Waals surface area contributed by atoms with Crippen LogP contribution in [0.4, 0.5) is 4.79 Å². The lowest BCUT2D eigenvalue weighted by molar-refractivity contribution is -0.123. The van der Waals surface area contributed by atoms with Gasteiger partial charge in [0.2, 0.25) is 6.41 Å². The molecule has 9 heteroatoms. The molecule has 8 nitrogen and oxygen atoms in total. The lowest BCUT2D eigenvalue weighted by Crippen LogP contribution is -2.56. The zero-order valence-electron chi connectivity index (χ0n) is 16.4. The predicted molar refractivity (Wildman–Crippen MR) is 105 cm³/mol. The molecule has 1 fully saturated rings. The van der Waals surface area contributed by atoms with Crippen molar-refractivity contribution in [1.82, 2.24) is 9.80 Å². The number of hydrogen-bond acceptors (Lipinski definition) is 6. The number of hydrogen-bond donors (Lipinski definition) is 0. The Morgan fingerprint density at radius 2 is 2.00 bits per heavy atom. The molecule has 1 atom stereocenters. The minimum absolute atomic E-state index is 0.154. The number of esters is 1. The van der Waals surface area contributed by atoms with Crippen LogP contribution in [0.3, 0.4) is 0 Å². The first kappa shape index (κ1) is 22.0. The van der Waals surface area contributed by atoms with E-state index in [4.69, 9.17) is 14.2 Å². The number of rotatable bonds is 5. The van der Waals surface area contributed by atoms with Crippen molar-refractivity contribution in [3.05, 3.63) is 28.2 Å². The summed E-state index contributed by atoms with van der Waals surface area (Å²) in [5, 5.41) is 0. The van der Waals surface area contributed by atoms with E-state index in [2.05, 4.69) is 15.9 Å². The van der Waals surface area contributed by atoms with Gasteiger partial charge in [0.25, 0.3) is 0 Å². The van der Waals surface area contributed by atoms with E-state index in [0.29, 0.717) is 35.4 Å². The van der Waals surface area contributed by atoms with Crippen molar-refractivity contribution in [1.29, 1.82) is 0 Å². The molecule has 1 aromatic rings. The first-order chi connectivity index (χ1) is 13.1. The summed E-state index contributed by atoms with van der Waals surface area (Å²) in [6.45, 7) is 6.64. The molecule has 1 saturated heterocycles. The second-order valence-corrected chi connectivity index (χ2v) is 8.23. The average molecular weight is 457 g/mol. The second kappa shape index (κ2) is 9.27. The number of carbonyl (C=O) groups excluding carboxylic acids is 3. The van der Waals surface area contributed by atoms with Crippen LogP contribution in [-0.4, -0.2) is 73.3 Å². The fraction of sp³-hybridized carbons (Fsp3) is 0.526. The van der Waals surface area contributed by atoms with Gasteiger partial charge in [-0.2, -0.15) is 0 Å². The zero-order valence-corrected chi connectivity index (χ0v) is 18.0. The molecule has 1 aromatic carbocycles. The Bertz CT molecular complexity index is 734. The van der Waals surface area contributed by atoms with Gasteiger partial charge in [-0.15, -0.1) is 0 Å². The summed E-state index contributed by atoms with van der Waals surface area (Å²) in [6.07, 6.45) is 0.331. The van der Waals surface area contributed by atoms with Crippen molar-refractivity contribution < 1.29 is 28.6 Å². The summed E-state index contributed by atoms with van der Waals surface area (Å²) >= 11 is 3.38. The molecule has 0 radical (unpaired) electrons. The topological polar surface area (TPSA) is 85.4 Å². The summed E-state index contributed by atoms with van der Waals surface area (Å²) in [7, 11) is 1.31. The van der Waals surface area contributed by atoms with Crippen LogP contribution in [0.1, 0.15) is 31.1 Å². The minimum atomic E-state index is -0.593. The quantitative estimate of drug-likeness (QED) is 0.500. The molecule has 2 rings (SSSR count). The molecule has 154 valence electrons. The number of methoxy groups -OCH3 is 1. The molecule has 0 N–H and O–H groups in total. The van der Waals surface area contributed by atoms with Crippen LogP contribution in [0, 0.1) is 0 Å². The molecule has 28 heavy (non-hydrogen) atoms. The van der Waals surface area contributed by atoms with E-state index in [1.165, 1.54) is 7.11 Å². The number of benzene rings is 1. The van der Waals surface area contributed by atoms with Crippen LogP contribution < -0.4 is 4.74 Å². The minimum Gasteiger partial charge on any atom is -0.490 e. The first-order valence-electron chi connectivity index (χ1n) is 8.84. The summed E-state index contributed by atoms with van der Waals surface area (Å²) in [4.78, 5) is 38.6. The van der Waals surface area contributed by atoms with E-state index in [0.717, 1.165) is 6.41 Å². The fourth-order valence-electron chi connectivity index (χ4n) is 2.69. The highest BCUT2D eigenvalue weighted by Crippen LogP contribution is 2.27. The van der Waals surface area contributed by atoms with Crippen LogP contribution in [0.2, 0.25) is 0 Å². The normalized spacial score (nSPS) is 17.1. The Morgan fingerprint density at radius 1 is 1.29 bits per heavy atom. The maximum atomic E-state index is 12.3. The Hall–Kier alpha value is -2.29. The molecule has 1 aliphatic heterocycles. The van der Waals surface area contributed by atoms with Crippen molar-refractivity contribution >= 4 is 34.4 Å². The van der Waals surface area contributed by atoms with Crippen LogP contribution in [-0.2, 0) is 14.3 Å². The molecule has 0 saturated carbocycles. The fourth-order valence-corrected chi connectivity index (χ4v) is 3.05. The maximum Gasteiger partial charge on any atom is 0.410 e. The zero-order chi connectivity index (χ0) is 20.9. The maximum absolute atomic E-state index is 12.3. The first-order valence-corrected chi connectivity index (χ1v) is 9.63. The third-order valence-corrected chi connectivity index (χ3v) is 4.75. The van der Waals surface area contributed by atoms with E-state index >= 15 is 0 Å². The molecule has 2 amide bonds. The van der Waals surface area contributed by atoms with Crippen LogP contribution in [0.5, 0.6) is 5.75 Å². The lowest BCUT2D eigenvalue weighted by Gasteiger charge is -2.39. The smallest absolute Gasteiger partial charge is 0.410 e. The number of piperazine rings is 1. The van der Waals surface area contributed by atoms with Crippen LogP contribution >= 0.6 is 15.9 Å². The monoisotopic (exact) mass is 456 g/mol. The van der Waals surface area contributed by atoms with Crippen molar-refractivity contribution in [2.45, 2.75) is 32.4 Å². The van der Waals surface area contributed by atoms with Crippen molar-refractivity contribution in [2.24, 2.45) is 0 Å². The molecule has 0 aromatic heterocycles. The van der Waals surface area contributed by atoms with Gasteiger partial charge >= 0.3 is 12.1 Å². The number of carbonyl (C=O) groups is 3. The Labute approximate surface area is 172 Å². The van der Waals surface area contributed by atoms with E-state index in [9.17, 15) is 14.4 Å². The van der Waals surface area contributed by atoms with Crippen LogP contribution in [0.25, 0.3) is 0 Å². The number of halogens is 1. The number of nitrogens with zero attached hydrogens (tertiary/aromatic N) is 2. The second-order valence-electron chi connectivity index (χ2n) is 7.37. The van der Waals surface area contributed by atoms with Gasteiger partial charge in [0.1, 0.15) is 18.0 Å². The Morgan fingerprint density at radius 3 is 2.61 bits per heavy atom. The van der Waals surface area contributed by atoms with Gasteiger partial charge in [-0.05, 0) is 54.9 Å². The summed E-state index contributed by atoms with van der Waals surface area (Å²) < 4.78 is 16.6. The standard InChI is InChI=1S/C19H25BrN2O6/c1-19(2,3)28-18(25)21-7-8-22(12-23)14(10-21)11-27-16-9-13(17(24)26-4)5-6-15(16)20/h5-6,9,12,14H,7-8,10-11H2,1-4H3. The molecular formula is C19H25BrN2O6. The van der Waals surface area contributed by atoms with Gasteiger partial charge in [-0.25, -0.2) is 9.59 Å². The highest BCUT2D eigenvalue weighted by Gasteiger charge is 2.32. The highest BCUT2D eigenvalue weighted by atomic mass is 79.9. The van der Waals surface area contributed by atoms with Gasteiger partial charge in [0, 0.05) is 19.6 Å². The molecule has 0 bridgehead atoms. The summed E-state index contributed by atoms with van der Waals surface area (Å²) in [5.41, 5.74) is -0.240. The molecule has 1 heterocycles. The van der Waals surface area contributed by atoms with Crippen molar-refractivity contribution in [2.75, 3.05) is 33.4 Å². The molecule has 1 unspecified atom stereocenters. The van der Waals surface area contributed by atoms with Crippen molar-refractivity contribution in [3.63, 3.8) is 0 Å². The molecule has 0 aliphatic carbocycles. The van der Waals surface area contributed by atoms with E-state index in [1.807, 2.05) is 0 Å².